The molecule has 4 heteroatoms. The molecule has 0 unspecified atom stereocenters. The van der Waals surface area contributed by atoms with Gasteiger partial charge >= 0.3 is 61.2 Å². The molecule has 28 valence electrons. The maximum absolute atomic E-state index is 8.37. The van der Waals surface area contributed by atoms with Crippen molar-refractivity contribution in [2.45, 2.75) is 2.76 Å². The first-order chi connectivity index (χ1) is 3.12. The van der Waals surface area contributed by atoms with Crippen LogP contribution in [0.2, 0.25) is 2.76 Å². The number of hydrogen-bond donors (Lipinski definition) is 1. The van der Waals surface area contributed by atoms with E-state index in [1.54, 1.807) is 35.4 Å². The Morgan fingerprint density at radius 1 is 1.71 bits per heavy atom. The van der Waals surface area contributed by atoms with Crippen LogP contribution >= 0.6 is 0 Å². The summed E-state index contributed by atoms with van der Waals surface area (Å²) in [5.74, 6) is 0. The summed E-state index contributed by atoms with van der Waals surface area (Å²) in [4.78, 5) is 0. The summed E-state index contributed by atoms with van der Waals surface area (Å²) in [6, 6.07) is 1.94. The van der Waals surface area contributed by atoms with Crippen LogP contribution in [-0.4, -0.2) is 47.1 Å². The van der Waals surface area contributed by atoms with Gasteiger partial charge in [0.2, 0.25) is 0 Å². The Morgan fingerprint density at radius 2 is 2.14 bits per heavy atom. The molecule has 0 saturated carbocycles. The molecule has 0 aromatic carbocycles. The summed E-state index contributed by atoms with van der Waals surface area (Å²) >= 11 is 3.38. The van der Waals surface area contributed by atoms with Gasteiger partial charge < -0.3 is 0 Å². The topological polar surface area (TPSA) is 44.0 Å². The van der Waals surface area contributed by atoms with Gasteiger partial charge in [0.1, 0.15) is 0 Å². The second kappa shape index (κ2) is 2.83. The zero-order valence-electron chi connectivity index (χ0n) is 4.60. The van der Waals surface area contributed by atoms with Crippen molar-refractivity contribution in [2.75, 3.05) is 6.61 Å². The van der Waals surface area contributed by atoms with Gasteiger partial charge in [0.05, 0.1) is 0 Å². The van der Waals surface area contributed by atoms with Crippen LogP contribution in [0.5, 0.6) is 0 Å². The van der Waals surface area contributed by atoms with Crippen molar-refractivity contribution in [1.82, 2.24) is 0 Å². The number of rotatable bonds is 1. The van der Waals surface area contributed by atoms with E-state index in [9.17, 15) is 0 Å². The molecule has 0 spiro atoms. The van der Waals surface area contributed by atoms with E-state index in [0.29, 0.717) is 0 Å². The predicted octanol–water partition coefficient (Wildman–Crippen LogP) is -1.04. The van der Waals surface area contributed by atoms with Gasteiger partial charge in [-0.05, 0) is 0 Å². The van der Waals surface area contributed by atoms with E-state index >= 15 is 0 Å². The van der Waals surface area contributed by atoms with Crippen LogP contribution in [0, 0.1) is 11.3 Å². The molecule has 0 aliphatic carbocycles. The van der Waals surface area contributed by atoms with Crippen molar-refractivity contribution in [2.24, 2.45) is 0 Å². The number of nitriles is 1. The van der Waals surface area contributed by atoms with Crippen LogP contribution in [0.4, 0.5) is 0 Å². The number of hydrogen-bond acceptors (Lipinski definition) is 2. The zero-order chi connectivity index (χ0) is 5.91. The summed E-state index contributed by atoms with van der Waals surface area (Å²) in [5.41, 5.74) is 0. The van der Waals surface area contributed by atoms with Crippen molar-refractivity contribution >= 4 is 35.4 Å². The van der Waals surface area contributed by atoms with Gasteiger partial charge in [0, 0.05) is 0 Å². The van der Waals surface area contributed by atoms with Crippen molar-refractivity contribution < 1.29 is 5.11 Å². The van der Waals surface area contributed by atoms with Gasteiger partial charge in [0.15, 0.2) is 0 Å². The molecule has 1 N–H and O–H groups in total. The molecule has 0 rings (SSSR count). The van der Waals surface area contributed by atoms with Gasteiger partial charge in [-0.2, -0.15) is 0 Å². The second-order valence-corrected chi connectivity index (χ2v) is 2.15. The van der Waals surface area contributed by atoms with Crippen LogP contribution in [0.3, 0.4) is 0 Å². The normalized spacial score (nSPS) is 10.9. The van der Waals surface area contributed by atoms with E-state index in [1.165, 1.54) is 0 Å². The fraction of sp³-hybridized carbons (Fsp3) is 0.667. The van der Waals surface area contributed by atoms with E-state index in [1.807, 2.05) is 6.07 Å². The molecule has 7 heavy (non-hydrogen) atoms. The Morgan fingerprint density at radius 3 is 2.14 bits per heavy atom. The molecule has 2 nitrogen and oxygen atoms in total. The molecule has 0 aromatic rings. The van der Waals surface area contributed by atoms with Gasteiger partial charge in [-0.25, -0.2) is 0 Å². The summed E-state index contributed by atoms with van der Waals surface area (Å²) in [7, 11) is 0. The number of aliphatic hydroxyl groups excluding tert-OH is 1. The molecule has 0 bridgehead atoms. The minimum absolute atomic E-state index is 0.0660. The monoisotopic (exact) mass is 83.1 g/mol. The van der Waals surface area contributed by atoms with Gasteiger partial charge in [-0.3, -0.25) is 0 Å². The van der Waals surface area contributed by atoms with Crippen LogP contribution in [-0.2, 0) is 0 Å². The Balaban J connectivity index is 3.66. The molecule has 0 fully saturated rings. The standard InChI is InChI=1S/C3H3NO.2Li/c4-2-1-3-5;;/h5H,3H2;;. The average molecular weight is 82.9 g/mol. The van der Waals surface area contributed by atoms with Gasteiger partial charge in [0.25, 0.3) is 0 Å². The van der Waals surface area contributed by atoms with Crippen molar-refractivity contribution in [1.29, 1.82) is 5.26 Å². The summed E-state index contributed by atoms with van der Waals surface area (Å²) < 4.78 is -0.556. The van der Waals surface area contributed by atoms with Crippen molar-refractivity contribution in [3.63, 3.8) is 0 Å². The quantitative estimate of drug-likeness (QED) is 0.411. The summed E-state index contributed by atoms with van der Waals surface area (Å²) in [6.07, 6.45) is 0. The average Bonchev–Trinajstić information content (AvgIpc) is 1.68. The van der Waals surface area contributed by atoms with E-state index < -0.39 is 2.76 Å². The van der Waals surface area contributed by atoms with Crippen molar-refractivity contribution in [3.05, 3.63) is 0 Å². The Kier molecular flexibility index (Phi) is 3.09. The van der Waals surface area contributed by atoms with Gasteiger partial charge in [-0.15, -0.1) is 0 Å². The molecule has 0 aliphatic rings. The first kappa shape index (κ1) is 7.64. The zero-order valence-corrected chi connectivity index (χ0v) is 4.60. The number of aliphatic hydroxyl groups is 1. The molecule has 0 amide bonds. The molecule has 0 aromatic heterocycles. The van der Waals surface area contributed by atoms with Crippen LogP contribution in [0.15, 0.2) is 0 Å². The Bertz CT molecular complexity index is 95.6. The van der Waals surface area contributed by atoms with Crippen LogP contribution < -0.4 is 0 Å². The third kappa shape index (κ3) is 3.25. The van der Waals surface area contributed by atoms with E-state index in [4.69, 9.17) is 10.4 Å². The summed E-state index contributed by atoms with van der Waals surface area (Å²) in [5, 5.41) is 16.6. The van der Waals surface area contributed by atoms with E-state index in [0.717, 1.165) is 0 Å². The molecule has 0 heterocycles. The first-order valence-corrected chi connectivity index (χ1v) is 2.14. The fourth-order valence-electron chi connectivity index (χ4n) is 0.0354. The van der Waals surface area contributed by atoms with Crippen LogP contribution in [0.25, 0.3) is 0 Å². The third-order valence-electron chi connectivity index (χ3n) is 0.698. The summed E-state index contributed by atoms with van der Waals surface area (Å²) in [6.45, 7) is -0.0660. The molecule has 0 saturated heterocycles. The van der Waals surface area contributed by atoms with E-state index in [2.05, 4.69) is 0 Å². The number of nitrogens with zero attached hydrogens (tertiary/aromatic N) is 1. The third-order valence-corrected chi connectivity index (χ3v) is 0.698. The Hall–Kier alpha value is 0.645. The van der Waals surface area contributed by atoms with Gasteiger partial charge in [-0.1, -0.05) is 0 Å². The predicted molar refractivity (Wildman–Crippen MR) is 26.9 cm³/mol. The van der Waals surface area contributed by atoms with Crippen LogP contribution in [0.1, 0.15) is 0 Å². The SMILES string of the molecule is [Li][C]([Li])(C#N)CO. The molecule has 0 atom stereocenters. The maximum atomic E-state index is 8.37. The van der Waals surface area contributed by atoms with Crippen molar-refractivity contribution in [3.8, 4) is 6.07 Å². The molecular formula is C3H3Li2NO. The molecule has 0 radical (unpaired) electrons. The minimum atomic E-state index is -0.556. The molecular weight excluding hydrogens is 79.9 g/mol. The molecule has 0 aliphatic heterocycles. The van der Waals surface area contributed by atoms with E-state index in [-0.39, 0.29) is 6.61 Å². The second-order valence-electron chi connectivity index (χ2n) is 2.15. The first-order valence-electron chi connectivity index (χ1n) is 2.14. The fourth-order valence-corrected chi connectivity index (χ4v) is 0.0354. The Labute approximate surface area is 61.3 Å².